The molecule has 18 heavy (non-hydrogen) atoms. The van der Waals surface area contributed by atoms with Gasteiger partial charge in [0.1, 0.15) is 5.75 Å². The Morgan fingerprint density at radius 2 is 2.22 bits per heavy atom. The van der Waals surface area contributed by atoms with Crippen molar-refractivity contribution in [3.05, 3.63) is 29.8 Å². The number of carbonyl (C=O) groups is 1. The van der Waals surface area contributed by atoms with Gasteiger partial charge >= 0.3 is 0 Å². The fourth-order valence-electron chi connectivity index (χ4n) is 1.63. The van der Waals surface area contributed by atoms with E-state index in [4.69, 9.17) is 0 Å². The number of aromatic hydroxyl groups is 1. The third-order valence-electron chi connectivity index (χ3n) is 3.20. The molecule has 0 radical (unpaired) electrons. The molecule has 0 aromatic heterocycles. The lowest BCUT2D eigenvalue weighted by Crippen LogP contribution is -2.37. The van der Waals surface area contributed by atoms with Gasteiger partial charge in [0.25, 0.3) is 5.91 Å². The Balaban J connectivity index is 2.38. The van der Waals surface area contributed by atoms with Gasteiger partial charge in [-0.05, 0) is 38.6 Å². The van der Waals surface area contributed by atoms with Crippen LogP contribution in [0.4, 0.5) is 0 Å². The quantitative estimate of drug-likeness (QED) is 0.810. The van der Waals surface area contributed by atoms with Crippen molar-refractivity contribution >= 4 is 5.91 Å². The van der Waals surface area contributed by atoms with Crippen LogP contribution in [0, 0.1) is 0 Å². The van der Waals surface area contributed by atoms with Crippen LogP contribution < -0.4 is 5.32 Å². The van der Waals surface area contributed by atoms with Crippen LogP contribution >= 0.6 is 0 Å². The average Bonchev–Trinajstić information content (AvgIpc) is 2.37. The molecule has 0 heterocycles. The second-order valence-corrected chi connectivity index (χ2v) is 4.54. The van der Waals surface area contributed by atoms with Crippen molar-refractivity contribution in [1.29, 1.82) is 0 Å². The minimum Gasteiger partial charge on any atom is -0.508 e. The van der Waals surface area contributed by atoms with Crippen molar-refractivity contribution in [1.82, 2.24) is 10.2 Å². The molecular formula is C14H22N2O2. The Labute approximate surface area is 109 Å². The van der Waals surface area contributed by atoms with Crippen LogP contribution in [0.15, 0.2) is 24.3 Å². The maximum absolute atomic E-state index is 11.8. The van der Waals surface area contributed by atoms with Crippen LogP contribution in [0.2, 0.25) is 0 Å². The van der Waals surface area contributed by atoms with Crippen LogP contribution in [0.1, 0.15) is 30.6 Å². The third-order valence-corrected chi connectivity index (χ3v) is 3.20. The lowest BCUT2D eigenvalue weighted by atomic mass is 10.2. The summed E-state index contributed by atoms with van der Waals surface area (Å²) in [5.41, 5.74) is 0.487. The minimum atomic E-state index is -0.150. The van der Waals surface area contributed by atoms with Gasteiger partial charge in [0.05, 0.1) is 0 Å². The molecule has 1 aromatic carbocycles. The molecule has 0 bridgehead atoms. The van der Waals surface area contributed by atoms with E-state index in [0.717, 1.165) is 13.0 Å². The maximum atomic E-state index is 11.8. The zero-order chi connectivity index (χ0) is 13.5. The number of likely N-dealkylation sites (N-methyl/N-ethyl adjacent to an activating group) is 1. The molecule has 0 aliphatic rings. The summed E-state index contributed by atoms with van der Waals surface area (Å²) >= 11 is 0. The predicted molar refractivity (Wildman–Crippen MR) is 72.8 cm³/mol. The van der Waals surface area contributed by atoms with E-state index in [-0.39, 0.29) is 11.7 Å². The van der Waals surface area contributed by atoms with Gasteiger partial charge in [0.2, 0.25) is 0 Å². The molecule has 0 aliphatic carbocycles. The lowest BCUT2D eigenvalue weighted by Gasteiger charge is -2.23. The summed E-state index contributed by atoms with van der Waals surface area (Å²) in [5, 5.41) is 12.1. The van der Waals surface area contributed by atoms with Gasteiger partial charge in [-0.2, -0.15) is 0 Å². The van der Waals surface area contributed by atoms with Crippen molar-refractivity contribution in [3.8, 4) is 5.75 Å². The Hall–Kier alpha value is -1.55. The molecule has 1 rings (SSSR count). The monoisotopic (exact) mass is 250 g/mol. The molecule has 1 aromatic rings. The Kier molecular flexibility index (Phi) is 5.65. The number of benzene rings is 1. The van der Waals surface area contributed by atoms with Crippen LogP contribution in [0.3, 0.4) is 0 Å². The summed E-state index contributed by atoms with van der Waals surface area (Å²) in [4.78, 5) is 14.0. The van der Waals surface area contributed by atoms with Crippen molar-refractivity contribution < 1.29 is 9.90 Å². The molecule has 100 valence electrons. The van der Waals surface area contributed by atoms with Gasteiger partial charge in [-0.15, -0.1) is 0 Å². The van der Waals surface area contributed by atoms with Gasteiger partial charge in [0.15, 0.2) is 0 Å². The highest BCUT2D eigenvalue weighted by Crippen LogP contribution is 2.10. The number of hydrogen-bond donors (Lipinski definition) is 2. The van der Waals surface area contributed by atoms with Crippen LogP contribution in [-0.4, -0.2) is 42.1 Å². The Morgan fingerprint density at radius 3 is 2.83 bits per heavy atom. The Morgan fingerprint density at radius 1 is 1.50 bits per heavy atom. The van der Waals surface area contributed by atoms with Gasteiger partial charge in [-0.25, -0.2) is 0 Å². The number of hydrogen-bond acceptors (Lipinski definition) is 3. The van der Waals surface area contributed by atoms with E-state index in [2.05, 4.69) is 31.1 Å². The first-order valence-corrected chi connectivity index (χ1v) is 6.32. The second kappa shape index (κ2) is 7.01. The highest BCUT2D eigenvalue weighted by Gasteiger charge is 2.08. The summed E-state index contributed by atoms with van der Waals surface area (Å²) in [6.45, 7) is 5.73. The van der Waals surface area contributed by atoms with Crippen molar-refractivity contribution in [2.24, 2.45) is 0 Å². The molecule has 1 amide bonds. The first kappa shape index (κ1) is 14.5. The van der Waals surface area contributed by atoms with Crippen molar-refractivity contribution in [2.75, 3.05) is 20.1 Å². The van der Waals surface area contributed by atoms with E-state index in [1.54, 1.807) is 18.2 Å². The highest BCUT2D eigenvalue weighted by molar-refractivity contribution is 5.94. The van der Waals surface area contributed by atoms with Crippen LogP contribution in [0.5, 0.6) is 5.75 Å². The Bertz CT molecular complexity index is 393. The molecule has 0 fully saturated rings. The standard InChI is InChI=1S/C14H22N2O2/c1-4-11(2)16(3)9-8-15-14(18)12-6-5-7-13(17)10-12/h5-7,10-11,17H,4,8-9H2,1-3H3,(H,15,18). The number of nitrogens with zero attached hydrogens (tertiary/aromatic N) is 1. The largest absolute Gasteiger partial charge is 0.508 e. The van der Waals surface area contributed by atoms with E-state index in [1.807, 2.05) is 0 Å². The second-order valence-electron chi connectivity index (χ2n) is 4.54. The van der Waals surface area contributed by atoms with E-state index in [1.165, 1.54) is 6.07 Å². The van der Waals surface area contributed by atoms with Gasteiger partial charge in [-0.3, -0.25) is 4.79 Å². The lowest BCUT2D eigenvalue weighted by molar-refractivity contribution is 0.0947. The topological polar surface area (TPSA) is 52.6 Å². The summed E-state index contributed by atoms with van der Waals surface area (Å²) in [6, 6.07) is 6.88. The molecule has 4 heteroatoms. The number of nitrogens with one attached hydrogen (secondary N) is 1. The molecule has 2 N–H and O–H groups in total. The first-order valence-electron chi connectivity index (χ1n) is 6.32. The van der Waals surface area contributed by atoms with Crippen molar-refractivity contribution in [2.45, 2.75) is 26.3 Å². The van der Waals surface area contributed by atoms with E-state index < -0.39 is 0 Å². The van der Waals surface area contributed by atoms with Gasteiger partial charge in [0, 0.05) is 24.7 Å². The van der Waals surface area contributed by atoms with E-state index in [9.17, 15) is 9.90 Å². The average molecular weight is 250 g/mol. The summed E-state index contributed by atoms with van der Waals surface area (Å²) in [6.07, 6.45) is 1.09. The maximum Gasteiger partial charge on any atom is 0.251 e. The van der Waals surface area contributed by atoms with Crippen LogP contribution in [0.25, 0.3) is 0 Å². The number of amides is 1. The zero-order valence-corrected chi connectivity index (χ0v) is 11.3. The highest BCUT2D eigenvalue weighted by atomic mass is 16.3. The number of rotatable bonds is 6. The molecule has 0 aliphatic heterocycles. The van der Waals surface area contributed by atoms with Crippen LogP contribution in [-0.2, 0) is 0 Å². The first-order chi connectivity index (χ1) is 8.54. The number of phenols is 1. The van der Waals surface area contributed by atoms with Crippen molar-refractivity contribution in [3.63, 3.8) is 0 Å². The molecule has 0 spiro atoms. The zero-order valence-electron chi connectivity index (χ0n) is 11.3. The van der Waals surface area contributed by atoms with E-state index in [0.29, 0.717) is 18.2 Å². The SMILES string of the molecule is CCC(C)N(C)CCNC(=O)c1cccc(O)c1. The normalized spacial score (nSPS) is 12.4. The smallest absolute Gasteiger partial charge is 0.251 e. The van der Waals surface area contributed by atoms with Gasteiger partial charge < -0.3 is 15.3 Å². The number of phenolic OH excluding ortho intramolecular Hbond substituents is 1. The minimum absolute atomic E-state index is 0.111. The number of carbonyl (C=O) groups excluding carboxylic acids is 1. The molecule has 1 unspecified atom stereocenters. The predicted octanol–water partition coefficient (Wildman–Crippen LogP) is 1.85. The molecule has 0 saturated heterocycles. The fourth-order valence-corrected chi connectivity index (χ4v) is 1.63. The summed E-state index contributed by atoms with van der Waals surface area (Å²) in [5.74, 6) is -0.0391. The summed E-state index contributed by atoms with van der Waals surface area (Å²) in [7, 11) is 2.05. The van der Waals surface area contributed by atoms with Gasteiger partial charge in [-0.1, -0.05) is 13.0 Å². The molecule has 1 atom stereocenters. The fraction of sp³-hybridized carbons (Fsp3) is 0.500. The molecule has 0 saturated carbocycles. The van der Waals surface area contributed by atoms with E-state index >= 15 is 0 Å². The molecule has 4 nitrogen and oxygen atoms in total. The third kappa shape index (κ3) is 4.37. The molecular weight excluding hydrogens is 228 g/mol. The summed E-state index contributed by atoms with van der Waals surface area (Å²) < 4.78 is 0.